The van der Waals surface area contributed by atoms with Gasteiger partial charge in [0.15, 0.2) is 0 Å². The van der Waals surface area contributed by atoms with Crippen molar-refractivity contribution in [3.05, 3.63) is 94.0 Å². The van der Waals surface area contributed by atoms with E-state index in [0.717, 1.165) is 5.56 Å². The van der Waals surface area contributed by atoms with Gasteiger partial charge in [0, 0.05) is 24.2 Å². The van der Waals surface area contributed by atoms with Crippen LogP contribution < -0.4 is 5.32 Å². The highest BCUT2D eigenvalue weighted by Crippen LogP contribution is 2.26. The van der Waals surface area contributed by atoms with Gasteiger partial charge in [-0.15, -0.1) is 0 Å². The molecule has 0 heterocycles. The fourth-order valence-corrected chi connectivity index (χ4v) is 4.17. The van der Waals surface area contributed by atoms with E-state index in [9.17, 15) is 13.2 Å². The fourth-order valence-electron chi connectivity index (χ4n) is 2.67. The Labute approximate surface area is 179 Å². The van der Waals surface area contributed by atoms with E-state index in [-0.39, 0.29) is 11.4 Å². The average molecular weight is 449 g/mol. The largest absolute Gasteiger partial charge is 0.321 e. The first kappa shape index (κ1) is 21.3. The van der Waals surface area contributed by atoms with Gasteiger partial charge in [0.1, 0.15) is 0 Å². The van der Waals surface area contributed by atoms with Crippen molar-refractivity contribution >= 4 is 44.8 Å². The SMILES string of the molecule is CN(Cc1ccccc1)S(=O)(=O)c1ccc(C(=O)Nc2cc(Cl)ccc2Cl)cc1. The molecule has 8 heteroatoms. The van der Waals surface area contributed by atoms with Crippen LogP contribution in [0.3, 0.4) is 0 Å². The van der Waals surface area contributed by atoms with E-state index in [2.05, 4.69) is 5.32 Å². The lowest BCUT2D eigenvalue weighted by atomic mass is 10.2. The molecule has 5 nitrogen and oxygen atoms in total. The molecule has 0 atom stereocenters. The maximum Gasteiger partial charge on any atom is 0.255 e. The third kappa shape index (κ3) is 5.16. The van der Waals surface area contributed by atoms with Gasteiger partial charge in [-0.25, -0.2) is 8.42 Å². The molecule has 0 unspecified atom stereocenters. The minimum absolute atomic E-state index is 0.105. The molecule has 3 aromatic carbocycles. The van der Waals surface area contributed by atoms with Crippen LogP contribution in [-0.2, 0) is 16.6 Å². The van der Waals surface area contributed by atoms with Gasteiger partial charge in [-0.2, -0.15) is 4.31 Å². The summed E-state index contributed by atoms with van der Waals surface area (Å²) in [5.41, 5.74) is 1.56. The Morgan fingerprint density at radius 2 is 1.62 bits per heavy atom. The number of sulfonamides is 1. The summed E-state index contributed by atoms with van der Waals surface area (Å²) in [6.07, 6.45) is 0. The smallest absolute Gasteiger partial charge is 0.255 e. The van der Waals surface area contributed by atoms with E-state index in [1.54, 1.807) is 18.2 Å². The highest BCUT2D eigenvalue weighted by molar-refractivity contribution is 7.89. The summed E-state index contributed by atoms with van der Waals surface area (Å²) in [7, 11) is -2.17. The highest BCUT2D eigenvalue weighted by atomic mass is 35.5. The number of nitrogens with zero attached hydrogens (tertiary/aromatic N) is 1. The van der Waals surface area contributed by atoms with Gasteiger partial charge in [-0.1, -0.05) is 53.5 Å². The molecule has 3 rings (SSSR count). The van der Waals surface area contributed by atoms with Gasteiger partial charge < -0.3 is 5.32 Å². The number of benzene rings is 3. The molecule has 1 N–H and O–H groups in total. The number of hydrogen-bond acceptors (Lipinski definition) is 3. The maximum absolute atomic E-state index is 12.8. The molecule has 3 aromatic rings. The lowest BCUT2D eigenvalue weighted by molar-refractivity contribution is 0.102. The first-order valence-corrected chi connectivity index (χ1v) is 10.8. The van der Waals surface area contributed by atoms with Gasteiger partial charge in [0.2, 0.25) is 10.0 Å². The van der Waals surface area contributed by atoms with Crippen LogP contribution in [0.25, 0.3) is 0 Å². The predicted octanol–water partition coefficient (Wildman–Crippen LogP) is 5.07. The van der Waals surface area contributed by atoms with Crippen molar-refractivity contribution in [2.45, 2.75) is 11.4 Å². The highest BCUT2D eigenvalue weighted by Gasteiger charge is 2.21. The minimum atomic E-state index is -3.69. The molecule has 0 radical (unpaired) electrons. The summed E-state index contributed by atoms with van der Waals surface area (Å²) < 4.78 is 26.8. The third-order valence-corrected chi connectivity index (χ3v) is 6.63. The first-order chi connectivity index (χ1) is 13.8. The Morgan fingerprint density at radius 3 is 2.28 bits per heavy atom. The topological polar surface area (TPSA) is 66.5 Å². The van der Waals surface area contributed by atoms with Crippen LogP contribution in [0.5, 0.6) is 0 Å². The molecule has 0 saturated heterocycles. The first-order valence-electron chi connectivity index (χ1n) is 8.64. The Kier molecular flexibility index (Phi) is 6.59. The summed E-state index contributed by atoms with van der Waals surface area (Å²) in [4.78, 5) is 12.5. The number of hydrogen-bond donors (Lipinski definition) is 1. The summed E-state index contributed by atoms with van der Waals surface area (Å²) in [6, 6.07) is 19.8. The molecule has 0 aromatic heterocycles. The van der Waals surface area contributed by atoms with Crippen molar-refractivity contribution in [3.8, 4) is 0 Å². The normalized spacial score (nSPS) is 11.4. The molecule has 0 saturated carbocycles. The number of amides is 1. The molecule has 150 valence electrons. The minimum Gasteiger partial charge on any atom is -0.321 e. The lowest BCUT2D eigenvalue weighted by Gasteiger charge is -2.17. The molecular weight excluding hydrogens is 431 g/mol. The average Bonchev–Trinajstić information content (AvgIpc) is 2.71. The summed E-state index contributed by atoms with van der Waals surface area (Å²) in [5, 5.41) is 3.45. The zero-order chi connectivity index (χ0) is 21.0. The standard InChI is InChI=1S/C21H18Cl2N2O3S/c1-25(14-15-5-3-2-4-6-15)29(27,28)18-10-7-16(8-11-18)21(26)24-20-13-17(22)9-12-19(20)23/h2-13H,14H2,1H3,(H,24,26). The lowest BCUT2D eigenvalue weighted by Crippen LogP contribution is -2.26. The maximum atomic E-state index is 12.8. The summed E-state index contributed by atoms with van der Waals surface area (Å²) in [5.74, 6) is -0.421. The zero-order valence-corrected chi connectivity index (χ0v) is 17.8. The van der Waals surface area contributed by atoms with Gasteiger partial charge in [-0.3, -0.25) is 4.79 Å². The molecule has 1 amide bonds. The van der Waals surface area contributed by atoms with Crippen molar-refractivity contribution in [1.82, 2.24) is 4.31 Å². The number of anilines is 1. The Bertz CT molecular complexity index is 1120. The van der Waals surface area contributed by atoms with Crippen molar-refractivity contribution < 1.29 is 13.2 Å². The molecule has 0 fully saturated rings. The zero-order valence-electron chi connectivity index (χ0n) is 15.5. The van der Waals surface area contributed by atoms with E-state index in [1.807, 2.05) is 30.3 Å². The Hall–Kier alpha value is -2.38. The molecule has 0 spiro atoms. The van der Waals surface area contributed by atoms with E-state index in [0.29, 0.717) is 21.3 Å². The van der Waals surface area contributed by atoms with E-state index < -0.39 is 15.9 Å². The van der Waals surface area contributed by atoms with Gasteiger partial charge in [-0.05, 0) is 48.0 Å². The van der Waals surface area contributed by atoms with E-state index in [1.165, 1.54) is 35.6 Å². The van der Waals surface area contributed by atoms with Crippen LogP contribution in [0.4, 0.5) is 5.69 Å². The van der Waals surface area contributed by atoms with Crippen molar-refractivity contribution in [2.24, 2.45) is 0 Å². The number of nitrogens with one attached hydrogen (secondary N) is 1. The Morgan fingerprint density at radius 1 is 0.966 bits per heavy atom. The summed E-state index contributed by atoms with van der Waals surface area (Å²) >= 11 is 12.0. The van der Waals surface area contributed by atoms with Crippen LogP contribution in [0.15, 0.2) is 77.7 Å². The number of carbonyl (C=O) groups excluding carboxylic acids is 1. The van der Waals surface area contributed by atoms with Gasteiger partial charge in [0.05, 0.1) is 15.6 Å². The molecule has 29 heavy (non-hydrogen) atoms. The second-order valence-electron chi connectivity index (χ2n) is 6.35. The van der Waals surface area contributed by atoms with Crippen molar-refractivity contribution in [2.75, 3.05) is 12.4 Å². The Balaban J connectivity index is 1.74. The van der Waals surface area contributed by atoms with Crippen molar-refractivity contribution in [3.63, 3.8) is 0 Å². The molecule has 0 aliphatic rings. The van der Waals surface area contributed by atoms with Gasteiger partial charge >= 0.3 is 0 Å². The van der Waals surface area contributed by atoms with Crippen LogP contribution in [0, 0.1) is 0 Å². The predicted molar refractivity (Wildman–Crippen MR) is 116 cm³/mol. The quantitative estimate of drug-likeness (QED) is 0.572. The van der Waals surface area contributed by atoms with E-state index >= 15 is 0 Å². The third-order valence-electron chi connectivity index (χ3n) is 4.25. The van der Waals surface area contributed by atoms with Crippen LogP contribution in [0.2, 0.25) is 10.0 Å². The second-order valence-corrected chi connectivity index (χ2v) is 9.24. The monoisotopic (exact) mass is 448 g/mol. The van der Waals surface area contributed by atoms with Crippen LogP contribution >= 0.6 is 23.2 Å². The molecular formula is C21H18Cl2N2O3S. The summed E-state index contributed by atoms with van der Waals surface area (Å²) in [6.45, 7) is 0.249. The molecule has 0 aliphatic carbocycles. The van der Waals surface area contributed by atoms with Crippen LogP contribution in [0.1, 0.15) is 15.9 Å². The number of halogens is 2. The van der Waals surface area contributed by atoms with E-state index in [4.69, 9.17) is 23.2 Å². The fraction of sp³-hybridized carbons (Fsp3) is 0.0952. The number of rotatable bonds is 6. The van der Waals surface area contributed by atoms with Crippen LogP contribution in [-0.4, -0.2) is 25.7 Å². The van der Waals surface area contributed by atoms with Crippen molar-refractivity contribution in [1.29, 1.82) is 0 Å². The molecule has 0 aliphatic heterocycles. The van der Waals surface area contributed by atoms with Gasteiger partial charge in [0.25, 0.3) is 5.91 Å². The molecule has 0 bridgehead atoms. The second kappa shape index (κ2) is 8.97. The number of carbonyl (C=O) groups is 1.